The van der Waals surface area contributed by atoms with Crippen LogP contribution in [-0.4, -0.2) is 59.4 Å². The molecule has 0 aliphatic rings. The monoisotopic (exact) mass is 843 g/mol. The predicted octanol–water partition coefficient (Wildman–Crippen LogP) is 5.65. The van der Waals surface area contributed by atoms with Crippen molar-refractivity contribution >= 4 is 59.9 Å². The van der Waals surface area contributed by atoms with E-state index in [1.54, 1.807) is 42.5 Å². The van der Waals surface area contributed by atoms with Gasteiger partial charge in [-0.2, -0.15) is 0 Å². The topological polar surface area (TPSA) is 243 Å². The van der Waals surface area contributed by atoms with Crippen molar-refractivity contribution in [3.8, 4) is 22.8 Å². The van der Waals surface area contributed by atoms with Gasteiger partial charge in [0.1, 0.15) is 23.9 Å². The Kier molecular flexibility index (Phi) is 21.1. The molecule has 0 unspecified atom stereocenters. The zero-order valence-corrected chi connectivity index (χ0v) is 35.4. The first kappa shape index (κ1) is 52.2. The minimum Gasteiger partial charge on any atom is -0.496 e. The van der Waals surface area contributed by atoms with Crippen molar-refractivity contribution in [1.82, 2.24) is 20.2 Å². The maximum absolute atomic E-state index is 13.5. The number of carbonyl (C=O) groups is 3. The van der Waals surface area contributed by atoms with Crippen LogP contribution in [0.3, 0.4) is 0 Å². The summed E-state index contributed by atoms with van der Waals surface area (Å²) in [5.41, 5.74) is 22.5. The largest absolute Gasteiger partial charge is 0.496 e. The summed E-state index contributed by atoms with van der Waals surface area (Å²) in [6.07, 6.45) is 2.27. The molecule has 1 aromatic heterocycles. The van der Waals surface area contributed by atoms with E-state index in [0.717, 1.165) is 28.7 Å². The fourth-order valence-corrected chi connectivity index (χ4v) is 5.63. The zero-order chi connectivity index (χ0) is 41.1. The number of methoxy groups -OCH3 is 2. The first-order chi connectivity index (χ1) is 25.9. The maximum Gasteiger partial charge on any atom is 0.294 e. The minimum absolute atomic E-state index is 0. The molecule has 318 valence electrons. The van der Waals surface area contributed by atoms with Crippen LogP contribution >= 0.6 is 24.8 Å². The summed E-state index contributed by atoms with van der Waals surface area (Å²) in [7, 11) is 3.07. The van der Waals surface area contributed by atoms with Crippen LogP contribution in [0.15, 0.2) is 53.5 Å². The molecule has 0 aliphatic heterocycles. The number of anilines is 2. The summed E-state index contributed by atoms with van der Waals surface area (Å²) < 4.78 is 11.5. The standard InChI is InChI=1S/C30H40N8O3.C10H13NO3.CH4.2ClH/c1-7-19(6)37-29(40)22-10-20(11-23(31)12-22)25-14-35-28(36-16(2)3)30(41)38(25)15-26(39)34-13-24-17(4)8-21(27(32)33)9-18(24)5;1-6-8(13-2)4-7(10(11)12)5-9(6)14-3;;;/h8-12,14,16,19H,7,13,15,31H2,1-6H3,(H3,32,33)(H,34,39)(H,35,36)(H,37,40);4-5H,1-3H3,(H2,11,12);1H4;2*1H/t19-;;;;/m0..../s1. The highest BCUT2D eigenvalue weighted by molar-refractivity contribution is 5.97. The number of nitrogens with two attached hydrogens (primary N) is 3. The van der Waals surface area contributed by atoms with Crippen molar-refractivity contribution in [2.24, 2.45) is 11.5 Å². The quantitative estimate of drug-likeness (QED) is 0.0467. The maximum atomic E-state index is 13.5. The first-order valence-electron chi connectivity index (χ1n) is 17.7. The van der Waals surface area contributed by atoms with Crippen molar-refractivity contribution in [1.29, 1.82) is 5.41 Å². The molecular formula is C41H59Cl2N9O6. The fourth-order valence-electron chi connectivity index (χ4n) is 5.63. The fraction of sp³-hybridized carbons (Fsp3) is 0.366. The van der Waals surface area contributed by atoms with Gasteiger partial charge < -0.3 is 42.6 Å². The number of nitrogen functional groups attached to an aromatic ring is 2. The van der Waals surface area contributed by atoms with Crippen LogP contribution < -0.4 is 48.2 Å². The Morgan fingerprint density at radius 3 is 1.93 bits per heavy atom. The van der Waals surface area contributed by atoms with Crippen LogP contribution in [0.1, 0.15) is 90.1 Å². The van der Waals surface area contributed by atoms with Crippen molar-refractivity contribution in [2.45, 2.75) is 87.5 Å². The van der Waals surface area contributed by atoms with Crippen molar-refractivity contribution < 1.29 is 23.9 Å². The van der Waals surface area contributed by atoms with Gasteiger partial charge in [0.25, 0.3) is 11.5 Å². The molecule has 1 heterocycles. The van der Waals surface area contributed by atoms with E-state index in [1.807, 2.05) is 48.5 Å². The minimum atomic E-state index is -0.499. The normalized spacial score (nSPS) is 10.6. The van der Waals surface area contributed by atoms with Gasteiger partial charge in [0.2, 0.25) is 11.8 Å². The highest BCUT2D eigenvalue weighted by Gasteiger charge is 2.19. The molecule has 3 amide bonds. The van der Waals surface area contributed by atoms with Gasteiger partial charge >= 0.3 is 0 Å². The van der Waals surface area contributed by atoms with Crippen molar-refractivity contribution in [2.75, 3.05) is 25.3 Å². The van der Waals surface area contributed by atoms with Gasteiger partial charge in [0, 0.05) is 52.1 Å². The van der Waals surface area contributed by atoms with E-state index < -0.39 is 11.5 Å². The molecule has 0 aliphatic carbocycles. The van der Waals surface area contributed by atoms with Gasteiger partial charge in [-0.05, 0) is 107 Å². The first-order valence-corrected chi connectivity index (χ1v) is 17.7. The number of halogens is 2. The number of primary amides is 1. The van der Waals surface area contributed by atoms with E-state index in [1.165, 1.54) is 25.0 Å². The summed E-state index contributed by atoms with van der Waals surface area (Å²) in [5.74, 6) is 0.110. The van der Waals surface area contributed by atoms with E-state index in [-0.39, 0.29) is 80.9 Å². The number of rotatable bonds is 14. The molecule has 58 heavy (non-hydrogen) atoms. The van der Waals surface area contributed by atoms with E-state index in [2.05, 4.69) is 20.9 Å². The van der Waals surface area contributed by atoms with Gasteiger partial charge in [0.05, 0.1) is 26.1 Å². The lowest BCUT2D eigenvalue weighted by atomic mass is 9.99. The Balaban J connectivity index is 0.00000162. The van der Waals surface area contributed by atoms with Gasteiger partial charge in [-0.15, -0.1) is 24.8 Å². The van der Waals surface area contributed by atoms with E-state index in [0.29, 0.717) is 45.1 Å². The number of benzene rings is 3. The summed E-state index contributed by atoms with van der Waals surface area (Å²) in [6.45, 7) is 13.2. The Labute approximate surface area is 353 Å². The molecule has 0 radical (unpaired) electrons. The number of aryl methyl sites for hydroxylation is 2. The number of carbonyl (C=O) groups excluding carboxylic acids is 3. The molecule has 0 fully saturated rings. The summed E-state index contributed by atoms with van der Waals surface area (Å²) in [4.78, 5) is 54.8. The third kappa shape index (κ3) is 13.7. The number of aromatic nitrogens is 2. The lowest BCUT2D eigenvalue weighted by Crippen LogP contribution is -2.35. The number of hydrogen-bond donors (Lipinski definition) is 7. The summed E-state index contributed by atoms with van der Waals surface area (Å²) in [5, 5.41) is 16.5. The van der Waals surface area contributed by atoms with Gasteiger partial charge in [-0.1, -0.05) is 14.4 Å². The lowest BCUT2D eigenvalue weighted by molar-refractivity contribution is -0.121. The Morgan fingerprint density at radius 1 is 0.879 bits per heavy atom. The molecule has 4 aromatic rings. The SMILES string of the molecule is C.CC[C@H](C)NC(=O)c1cc(N)cc(-c2cnc(NC(C)C)c(=O)n2CC(=O)NCc2c(C)cc(C(=N)N)cc2C)c1.COc1cc(C(N)=O)cc(OC)c1C.Cl.Cl. The molecule has 0 saturated heterocycles. The average Bonchev–Trinajstić information content (AvgIpc) is 3.12. The molecule has 0 spiro atoms. The number of ether oxygens (including phenoxy) is 2. The van der Waals surface area contributed by atoms with Crippen molar-refractivity contribution in [3.05, 3.63) is 98.0 Å². The predicted molar refractivity (Wildman–Crippen MR) is 237 cm³/mol. The summed E-state index contributed by atoms with van der Waals surface area (Å²) in [6, 6.07) is 11.6. The Bertz CT molecular complexity index is 2090. The van der Waals surface area contributed by atoms with Crippen LogP contribution in [0.25, 0.3) is 11.3 Å². The molecule has 0 saturated carbocycles. The molecule has 4 rings (SSSR count). The number of nitrogens with one attached hydrogen (secondary N) is 4. The van der Waals surface area contributed by atoms with Gasteiger partial charge in [-0.25, -0.2) is 4.98 Å². The third-order valence-corrected chi connectivity index (χ3v) is 8.79. The van der Waals surface area contributed by atoms with Crippen LogP contribution in [0, 0.1) is 26.2 Å². The molecule has 3 aromatic carbocycles. The van der Waals surface area contributed by atoms with E-state index >= 15 is 0 Å². The van der Waals surface area contributed by atoms with Gasteiger partial charge in [0.15, 0.2) is 5.82 Å². The Morgan fingerprint density at radius 2 is 1.45 bits per heavy atom. The average molecular weight is 845 g/mol. The number of hydrogen-bond acceptors (Lipinski definition) is 10. The van der Waals surface area contributed by atoms with E-state index in [4.69, 9.17) is 32.1 Å². The molecular weight excluding hydrogens is 785 g/mol. The lowest BCUT2D eigenvalue weighted by Gasteiger charge is -2.18. The van der Waals surface area contributed by atoms with Crippen LogP contribution in [0.5, 0.6) is 11.5 Å². The molecule has 1 atom stereocenters. The zero-order valence-electron chi connectivity index (χ0n) is 33.8. The second-order valence-electron chi connectivity index (χ2n) is 13.5. The smallest absolute Gasteiger partial charge is 0.294 e. The third-order valence-electron chi connectivity index (χ3n) is 8.79. The molecule has 0 bridgehead atoms. The second-order valence-corrected chi connectivity index (χ2v) is 13.5. The highest BCUT2D eigenvalue weighted by Crippen LogP contribution is 2.29. The van der Waals surface area contributed by atoms with E-state index in [9.17, 15) is 19.2 Å². The molecule has 17 heteroatoms. The number of nitrogens with zero attached hydrogens (tertiary/aromatic N) is 2. The van der Waals surface area contributed by atoms with Crippen LogP contribution in [0.2, 0.25) is 0 Å². The van der Waals surface area contributed by atoms with Crippen molar-refractivity contribution in [3.63, 3.8) is 0 Å². The van der Waals surface area contributed by atoms with Crippen LogP contribution in [-0.2, 0) is 17.9 Å². The number of amides is 3. The number of amidine groups is 1. The molecule has 10 N–H and O–H groups in total. The van der Waals surface area contributed by atoms with Crippen LogP contribution in [0.4, 0.5) is 11.5 Å². The molecule has 15 nitrogen and oxygen atoms in total. The second kappa shape index (κ2) is 23.4. The van der Waals surface area contributed by atoms with Gasteiger partial charge in [-0.3, -0.25) is 29.2 Å². The summed E-state index contributed by atoms with van der Waals surface area (Å²) >= 11 is 0. The Hall–Kier alpha value is -5.80. The highest BCUT2D eigenvalue weighted by atomic mass is 35.5.